The number of thiazole rings is 1. The number of aryl methyl sites for hydroxylation is 1. The van der Waals surface area contributed by atoms with Crippen LogP contribution in [0, 0.1) is 18.3 Å². The normalized spacial score (nSPS) is 11.6. The third kappa shape index (κ3) is 3.10. The van der Waals surface area contributed by atoms with Crippen molar-refractivity contribution in [2.24, 2.45) is 0 Å². The van der Waals surface area contributed by atoms with Crippen molar-refractivity contribution in [2.75, 3.05) is 6.61 Å². The van der Waals surface area contributed by atoms with Crippen LogP contribution in [0.15, 0.2) is 23.7 Å². The lowest BCUT2D eigenvalue weighted by molar-refractivity contribution is -0.122. The molecule has 7 heteroatoms. The van der Waals surface area contributed by atoms with Crippen LogP contribution in [-0.4, -0.2) is 28.3 Å². The number of Topliss-reactive ketones (excluding diaryl/α,β-unsaturated/α-hetero) is 1. The summed E-state index contributed by atoms with van der Waals surface area (Å²) in [4.78, 5) is 30.3. The number of carbonyl (C=O) groups excluding carboxylic acids is 2. The second-order valence-electron chi connectivity index (χ2n) is 4.02. The maximum absolute atomic E-state index is 11.9. The predicted octanol–water partition coefficient (Wildman–Crippen LogP) is 1.81. The summed E-state index contributed by atoms with van der Waals surface area (Å²) >= 11 is 1.24. The second-order valence-corrected chi connectivity index (χ2v) is 4.91. The van der Waals surface area contributed by atoms with E-state index in [1.807, 2.05) is 6.07 Å². The van der Waals surface area contributed by atoms with Crippen molar-refractivity contribution < 1.29 is 14.3 Å². The first-order valence-electron chi connectivity index (χ1n) is 5.76. The van der Waals surface area contributed by atoms with E-state index in [-0.39, 0.29) is 5.69 Å². The van der Waals surface area contributed by atoms with E-state index in [0.29, 0.717) is 5.01 Å². The molecule has 0 spiro atoms. The SMILES string of the molecule is Cc1csc([C@H](C#N)C(=O)COC(=O)c2ccc[nH]2)n1. The minimum atomic E-state index is -0.995. The number of ketones is 1. The van der Waals surface area contributed by atoms with Gasteiger partial charge in [0.05, 0.1) is 6.07 Å². The van der Waals surface area contributed by atoms with Crippen molar-refractivity contribution in [2.45, 2.75) is 12.8 Å². The minimum Gasteiger partial charge on any atom is -0.453 e. The number of rotatable bonds is 5. The molecule has 6 nitrogen and oxygen atoms in total. The lowest BCUT2D eigenvalue weighted by Gasteiger charge is -2.06. The second kappa shape index (κ2) is 6.12. The Labute approximate surface area is 119 Å². The Hall–Kier alpha value is -2.46. The van der Waals surface area contributed by atoms with Gasteiger partial charge in [0.2, 0.25) is 0 Å². The molecule has 0 bridgehead atoms. The number of nitrogens with one attached hydrogen (secondary N) is 1. The highest BCUT2D eigenvalue weighted by atomic mass is 32.1. The maximum atomic E-state index is 11.9. The summed E-state index contributed by atoms with van der Waals surface area (Å²) in [5, 5.41) is 11.2. The lowest BCUT2D eigenvalue weighted by atomic mass is 10.1. The molecule has 0 saturated heterocycles. The fourth-order valence-electron chi connectivity index (χ4n) is 1.52. The fourth-order valence-corrected chi connectivity index (χ4v) is 2.39. The van der Waals surface area contributed by atoms with Crippen molar-refractivity contribution in [1.29, 1.82) is 5.26 Å². The number of ether oxygens (including phenoxy) is 1. The van der Waals surface area contributed by atoms with Crippen LogP contribution in [0.3, 0.4) is 0 Å². The van der Waals surface area contributed by atoms with E-state index in [4.69, 9.17) is 10.00 Å². The Kier molecular flexibility index (Phi) is 4.27. The van der Waals surface area contributed by atoms with Crippen LogP contribution in [0.5, 0.6) is 0 Å². The fraction of sp³-hybridized carbons (Fsp3) is 0.231. The van der Waals surface area contributed by atoms with Gasteiger partial charge in [0.1, 0.15) is 10.7 Å². The highest BCUT2D eigenvalue weighted by Gasteiger charge is 2.24. The minimum absolute atomic E-state index is 0.261. The third-order valence-corrected chi connectivity index (χ3v) is 3.53. The quantitative estimate of drug-likeness (QED) is 0.847. The molecular weight excluding hydrogens is 278 g/mol. The number of carbonyl (C=O) groups is 2. The Bertz CT molecular complexity index is 655. The molecule has 2 rings (SSSR count). The third-order valence-electron chi connectivity index (χ3n) is 2.50. The van der Waals surface area contributed by atoms with Crippen LogP contribution >= 0.6 is 11.3 Å². The van der Waals surface area contributed by atoms with Crippen molar-refractivity contribution >= 4 is 23.1 Å². The zero-order valence-corrected chi connectivity index (χ0v) is 11.4. The summed E-state index contributed by atoms with van der Waals surface area (Å²) in [6.07, 6.45) is 1.58. The molecule has 1 N–H and O–H groups in total. The molecule has 0 aliphatic rings. The van der Waals surface area contributed by atoms with Gasteiger partial charge in [-0.2, -0.15) is 5.26 Å². The summed E-state index contributed by atoms with van der Waals surface area (Å²) in [7, 11) is 0. The monoisotopic (exact) mass is 289 g/mol. The molecule has 1 atom stereocenters. The van der Waals surface area contributed by atoms with Crippen LogP contribution in [0.1, 0.15) is 27.1 Å². The molecule has 0 aliphatic heterocycles. The molecule has 20 heavy (non-hydrogen) atoms. The standard InChI is InChI=1S/C13H11N3O3S/c1-8-7-20-12(16-8)9(5-14)11(17)6-19-13(18)10-3-2-4-15-10/h2-4,7,9,15H,6H2,1H3/t9-/m1/s1. The van der Waals surface area contributed by atoms with E-state index >= 15 is 0 Å². The van der Waals surface area contributed by atoms with Gasteiger partial charge in [-0.15, -0.1) is 11.3 Å². The van der Waals surface area contributed by atoms with Gasteiger partial charge in [-0.3, -0.25) is 4.79 Å². The van der Waals surface area contributed by atoms with Crippen molar-refractivity contribution in [3.8, 4) is 6.07 Å². The van der Waals surface area contributed by atoms with Crippen LogP contribution < -0.4 is 0 Å². The molecule has 0 saturated carbocycles. The van der Waals surface area contributed by atoms with E-state index in [2.05, 4.69) is 9.97 Å². The Morgan fingerprint density at radius 1 is 1.60 bits per heavy atom. The van der Waals surface area contributed by atoms with Gasteiger partial charge in [-0.05, 0) is 19.1 Å². The summed E-state index contributed by atoms with van der Waals surface area (Å²) < 4.78 is 4.87. The molecular formula is C13H11N3O3S. The van der Waals surface area contributed by atoms with Crippen molar-refractivity contribution in [3.63, 3.8) is 0 Å². The number of hydrogen-bond acceptors (Lipinski definition) is 6. The van der Waals surface area contributed by atoms with Crippen LogP contribution in [0.2, 0.25) is 0 Å². The van der Waals surface area contributed by atoms with Crippen molar-refractivity contribution in [3.05, 3.63) is 40.1 Å². The Balaban J connectivity index is 1.97. The van der Waals surface area contributed by atoms with E-state index < -0.39 is 24.3 Å². The number of H-pyrrole nitrogens is 1. The topological polar surface area (TPSA) is 95.8 Å². The molecule has 102 valence electrons. The Morgan fingerprint density at radius 2 is 2.40 bits per heavy atom. The maximum Gasteiger partial charge on any atom is 0.355 e. The molecule has 2 aromatic rings. The smallest absolute Gasteiger partial charge is 0.355 e. The van der Waals surface area contributed by atoms with Crippen LogP contribution in [0.25, 0.3) is 0 Å². The number of esters is 1. The average molecular weight is 289 g/mol. The molecule has 0 aliphatic carbocycles. The van der Waals surface area contributed by atoms with Crippen LogP contribution in [-0.2, 0) is 9.53 Å². The molecule has 2 aromatic heterocycles. The van der Waals surface area contributed by atoms with E-state index in [1.165, 1.54) is 11.3 Å². The number of hydrogen-bond donors (Lipinski definition) is 1. The van der Waals surface area contributed by atoms with Gasteiger partial charge < -0.3 is 9.72 Å². The summed E-state index contributed by atoms with van der Waals surface area (Å²) in [5.74, 6) is -2.11. The Morgan fingerprint density at radius 3 is 2.95 bits per heavy atom. The summed E-state index contributed by atoms with van der Waals surface area (Å²) in [5.41, 5.74) is 1.01. The molecule has 2 heterocycles. The van der Waals surface area contributed by atoms with Gasteiger partial charge in [0.15, 0.2) is 18.3 Å². The zero-order valence-electron chi connectivity index (χ0n) is 10.6. The molecule has 0 unspecified atom stereocenters. The van der Waals surface area contributed by atoms with E-state index in [9.17, 15) is 9.59 Å². The van der Waals surface area contributed by atoms with Crippen molar-refractivity contribution in [1.82, 2.24) is 9.97 Å². The van der Waals surface area contributed by atoms with Gasteiger partial charge in [-0.25, -0.2) is 9.78 Å². The first-order valence-corrected chi connectivity index (χ1v) is 6.64. The summed E-state index contributed by atoms with van der Waals surface area (Å²) in [6.45, 7) is 1.33. The molecule has 0 amide bonds. The lowest BCUT2D eigenvalue weighted by Crippen LogP contribution is -2.20. The van der Waals surface area contributed by atoms with Gasteiger partial charge in [0.25, 0.3) is 0 Å². The average Bonchev–Trinajstić information content (AvgIpc) is 3.08. The first kappa shape index (κ1) is 14.0. The van der Waals surface area contributed by atoms with Gasteiger partial charge in [-0.1, -0.05) is 0 Å². The zero-order chi connectivity index (χ0) is 14.5. The highest BCUT2D eigenvalue weighted by Crippen LogP contribution is 2.20. The van der Waals surface area contributed by atoms with Gasteiger partial charge in [0, 0.05) is 17.3 Å². The summed E-state index contributed by atoms with van der Waals surface area (Å²) in [6, 6.07) is 5.08. The van der Waals surface area contributed by atoms with E-state index in [0.717, 1.165) is 5.69 Å². The molecule has 0 radical (unpaired) electrons. The predicted molar refractivity (Wildman–Crippen MR) is 71.3 cm³/mol. The van der Waals surface area contributed by atoms with E-state index in [1.54, 1.807) is 30.6 Å². The number of nitriles is 1. The molecule has 0 aromatic carbocycles. The first-order chi connectivity index (χ1) is 9.61. The number of nitrogens with zero attached hydrogens (tertiary/aromatic N) is 2. The number of aromatic nitrogens is 2. The molecule has 0 fully saturated rings. The van der Waals surface area contributed by atoms with Gasteiger partial charge >= 0.3 is 5.97 Å². The van der Waals surface area contributed by atoms with Crippen LogP contribution in [0.4, 0.5) is 0 Å². The largest absolute Gasteiger partial charge is 0.453 e. The highest BCUT2D eigenvalue weighted by molar-refractivity contribution is 7.09. The number of aromatic amines is 1.